The summed E-state index contributed by atoms with van der Waals surface area (Å²) in [6, 6.07) is 2.60. The van der Waals surface area contributed by atoms with E-state index in [1.54, 1.807) is 0 Å². The number of nitrogen functional groups attached to an aromatic ring is 2. The predicted octanol–water partition coefficient (Wildman–Crippen LogP) is -0.0168. The van der Waals surface area contributed by atoms with Gasteiger partial charge >= 0.3 is 5.88 Å². The van der Waals surface area contributed by atoms with Gasteiger partial charge in [-0.3, -0.25) is 10.1 Å². The van der Waals surface area contributed by atoms with Crippen molar-refractivity contribution in [2.24, 2.45) is 5.10 Å². The summed E-state index contributed by atoms with van der Waals surface area (Å²) in [5, 5.41) is 14.1. The van der Waals surface area contributed by atoms with Crippen molar-refractivity contribution < 1.29 is 9.34 Å². The molecule has 2 aromatic heterocycles. The molecule has 0 aliphatic heterocycles. The van der Waals surface area contributed by atoms with Gasteiger partial charge in [-0.05, 0) is 6.07 Å². The quantitative estimate of drug-likeness (QED) is 0.389. The van der Waals surface area contributed by atoms with Crippen LogP contribution in [0.25, 0.3) is 0 Å². The highest BCUT2D eigenvalue weighted by Crippen LogP contribution is 2.13. The largest absolute Gasteiger partial charge is 0.433 e. The zero-order valence-electron chi connectivity index (χ0n) is 9.35. The van der Waals surface area contributed by atoms with Gasteiger partial charge in [0, 0.05) is 0 Å². The second-order valence-electron chi connectivity index (χ2n) is 3.18. The first-order valence-corrected chi connectivity index (χ1v) is 4.85. The minimum Gasteiger partial charge on any atom is -0.400 e. The van der Waals surface area contributed by atoms with E-state index in [1.165, 1.54) is 18.3 Å². The Morgan fingerprint density at radius 2 is 2.00 bits per heavy atom. The summed E-state index contributed by atoms with van der Waals surface area (Å²) in [7, 11) is 0. The third-order valence-corrected chi connectivity index (χ3v) is 1.82. The summed E-state index contributed by atoms with van der Waals surface area (Å²) in [5.41, 5.74) is 13.1. The molecular weight excluding hydrogens is 256 g/mol. The van der Waals surface area contributed by atoms with Crippen LogP contribution in [0.1, 0.15) is 5.76 Å². The molecule has 98 valence electrons. The highest BCUT2D eigenvalue weighted by Gasteiger charge is 2.10. The van der Waals surface area contributed by atoms with Crippen LogP contribution in [0.3, 0.4) is 0 Å². The third kappa shape index (κ3) is 3.12. The average molecular weight is 264 g/mol. The maximum absolute atomic E-state index is 10.4. The standard InChI is InChI=1S/C8H8N8O3/c9-6-12-7(10)14-8(13-6)15-11-3-4-1-2-5(19-4)16(17)18/h1-3H,(H5,9,10,12,13,14,15)/b11-3-. The van der Waals surface area contributed by atoms with Crippen molar-refractivity contribution in [3.8, 4) is 0 Å². The topological polar surface area (TPSA) is 171 Å². The molecule has 0 fully saturated rings. The van der Waals surface area contributed by atoms with Crippen LogP contribution in [0.4, 0.5) is 23.7 Å². The van der Waals surface area contributed by atoms with Gasteiger partial charge < -0.3 is 15.9 Å². The molecule has 0 aromatic carbocycles. The number of nitrogens with zero attached hydrogens (tertiary/aromatic N) is 5. The molecule has 0 spiro atoms. The number of hydrazone groups is 1. The zero-order valence-corrected chi connectivity index (χ0v) is 9.35. The van der Waals surface area contributed by atoms with Crippen LogP contribution in [0.5, 0.6) is 0 Å². The predicted molar refractivity (Wildman–Crippen MR) is 65.2 cm³/mol. The van der Waals surface area contributed by atoms with Crippen LogP contribution < -0.4 is 16.9 Å². The van der Waals surface area contributed by atoms with Crippen molar-refractivity contribution in [3.63, 3.8) is 0 Å². The number of hydrogen-bond acceptors (Lipinski definition) is 10. The van der Waals surface area contributed by atoms with E-state index in [2.05, 4.69) is 25.5 Å². The van der Waals surface area contributed by atoms with E-state index in [0.717, 1.165) is 0 Å². The van der Waals surface area contributed by atoms with E-state index < -0.39 is 4.92 Å². The summed E-state index contributed by atoms with van der Waals surface area (Å²) in [6.45, 7) is 0. The highest BCUT2D eigenvalue weighted by atomic mass is 16.6. The van der Waals surface area contributed by atoms with Crippen molar-refractivity contribution >= 4 is 29.9 Å². The zero-order chi connectivity index (χ0) is 13.8. The third-order valence-electron chi connectivity index (χ3n) is 1.82. The lowest BCUT2D eigenvalue weighted by atomic mass is 10.5. The monoisotopic (exact) mass is 264 g/mol. The molecule has 2 aromatic rings. The Morgan fingerprint density at radius 3 is 2.58 bits per heavy atom. The Kier molecular flexibility index (Phi) is 3.18. The SMILES string of the molecule is Nc1nc(N)nc(N/N=C\c2ccc([N+](=O)[O-])o2)n1. The Balaban J connectivity index is 2.04. The van der Waals surface area contributed by atoms with Crippen molar-refractivity contribution in [3.05, 3.63) is 28.0 Å². The minimum atomic E-state index is -0.655. The molecule has 0 unspecified atom stereocenters. The second-order valence-corrected chi connectivity index (χ2v) is 3.18. The molecule has 0 aliphatic rings. The van der Waals surface area contributed by atoms with Gasteiger partial charge in [-0.15, -0.1) is 0 Å². The fraction of sp³-hybridized carbons (Fsp3) is 0. The molecule has 0 radical (unpaired) electrons. The Hall–Kier alpha value is -3.24. The van der Waals surface area contributed by atoms with E-state index in [4.69, 9.17) is 15.9 Å². The summed E-state index contributed by atoms with van der Waals surface area (Å²) >= 11 is 0. The van der Waals surface area contributed by atoms with E-state index >= 15 is 0 Å². The molecule has 11 nitrogen and oxygen atoms in total. The Bertz CT molecular complexity index is 616. The van der Waals surface area contributed by atoms with Crippen LogP contribution in [0, 0.1) is 10.1 Å². The first-order chi connectivity index (χ1) is 9.04. The molecule has 19 heavy (non-hydrogen) atoms. The van der Waals surface area contributed by atoms with E-state index in [1.807, 2.05) is 0 Å². The molecule has 0 bridgehead atoms. The van der Waals surface area contributed by atoms with Crippen molar-refractivity contribution in [2.45, 2.75) is 0 Å². The van der Waals surface area contributed by atoms with E-state index in [0.29, 0.717) is 0 Å². The van der Waals surface area contributed by atoms with Gasteiger partial charge in [0.25, 0.3) is 0 Å². The summed E-state index contributed by atoms with van der Waals surface area (Å²) < 4.78 is 4.84. The van der Waals surface area contributed by atoms with Crippen molar-refractivity contribution in [1.29, 1.82) is 0 Å². The maximum atomic E-state index is 10.4. The van der Waals surface area contributed by atoms with Crippen molar-refractivity contribution in [2.75, 3.05) is 16.9 Å². The molecule has 0 atom stereocenters. The first-order valence-electron chi connectivity index (χ1n) is 4.85. The number of hydrogen-bond donors (Lipinski definition) is 3. The fourth-order valence-corrected chi connectivity index (χ4v) is 1.12. The lowest BCUT2D eigenvalue weighted by Gasteiger charge is -1.99. The number of aromatic nitrogens is 3. The lowest BCUT2D eigenvalue weighted by Crippen LogP contribution is -2.06. The normalized spacial score (nSPS) is 10.7. The molecule has 0 saturated heterocycles. The first kappa shape index (κ1) is 12.2. The van der Waals surface area contributed by atoms with Crippen LogP contribution in [-0.4, -0.2) is 26.1 Å². The molecular formula is C8H8N8O3. The number of anilines is 3. The number of rotatable bonds is 4. The van der Waals surface area contributed by atoms with E-state index in [9.17, 15) is 10.1 Å². The molecule has 0 aliphatic carbocycles. The number of furan rings is 1. The van der Waals surface area contributed by atoms with Gasteiger partial charge in [-0.2, -0.15) is 20.1 Å². The molecule has 2 rings (SSSR count). The number of nitrogens with two attached hydrogens (primary N) is 2. The van der Waals surface area contributed by atoms with Gasteiger partial charge in [0.15, 0.2) is 5.76 Å². The molecule has 5 N–H and O–H groups in total. The lowest BCUT2D eigenvalue weighted by molar-refractivity contribution is -0.402. The fourth-order valence-electron chi connectivity index (χ4n) is 1.12. The molecule has 0 amide bonds. The summed E-state index contributed by atoms with van der Waals surface area (Å²) in [4.78, 5) is 20.7. The smallest absolute Gasteiger partial charge is 0.400 e. The number of nitrogens with one attached hydrogen (secondary N) is 1. The van der Waals surface area contributed by atoms with Crippen LogP contribution >= 0.6 is 0 Å². The molecule has 11 heteroatoms. The second kappa shape index (κ2) is 4.95. The van der Waals surface area contributed by atoms with Crippen LogP contribution in [0.15, 0.2) is 21.7 Å². The highest BCUT2D eigenvalue weighted by molar-refractivity contribution is 5.76. The van der Waals surface area contributed by atoms with Crippen LogP contribution in [0.2, 0.25) is 0 Å². The molecule has 2 heterocycles. The Morgan fingerprint density at radius 1 is 1.32 bits per heavy atom. The van der Waals surface area contributed by atoms with E-state index in [-0.39, 0.29) is 29.5 Å². The van der Waals surface area contributed by atoms with Crippen LogP contribution in [-0.2, 0) is 0 Å². The maximum Gasteiger partial charge on any atom is 0.433 e. The van der Waals surface area contributed by atoms with Gasteiger partial charge in [0.1, 0.15) is 4.92 Å². The average Bonchev–Trinajstić information content (AvgIpc) is 2.76. The van der Waals surface area contributed by atoms with Gasteiger partial charge in [-0.25, -0.2) is 5.43 Å². The summed E-state index contributed by atoms with van der Waals surface area (Å²) in [6.07, 6.45) is 1.21. The van der Waals surface area contributed by atoms with Gasteiger partial charge in [-0.1, -0.05) is 0 Å². The Labute approximate surface area is 105 Å². The minimum absolute atomic E-state index is 0.0438. The van der Waals surface area contributed by atoms with Gasteiger partial charge in [0.2, 0.25) is 17.8 Å². The summed E-state index contributed by atoms with van der Waals surface area (Å²) in [5.74, 6) is -0.260. The van der Waals surface area contributed by atoms with Crippen molar-refractivity contribution in [1.82, 2.24) is 15.0 Å². The van der Waals surface area contributed by atoms with Gasteiger partial charge in [0.05, 0.1) is 12.3 Å². The number of nitro groups is 1. The molecule has 0 saturated carbocycles.